The van der Waals surface area contributed by atoms with E-state index in [-0.39, 0.29) is 0 Å². The Bertz CT molecular complexity index is 622. The Kier molecular flexibility index (Phi) is 8.33. The van der Waals surface area contributed by atoms with E-state index in [4.69, 9.17) is 9.47 Å². The second kappa shape index (κ2) is 10.8. The number of ether oxygens (including phenoxy) is 2. The van der Waals surface area contributed by atoms with Crippen molar-refractivity contribution in [3.05, 3.63) is 59.2 Å². The van der Waals surface area contributed by atoms with Crippen molar-refractivity contribution in [2.75, 3.05) is 13.2 Å². The fraction of sp³-hybridized carbons (Fsp3) is 0.455. The maximum Gasteiger partial charge on any atom is 0.161 e. The molecule has 0 aliphatic rings. The molecule has 0 aromatic heterocycles. The molecule has 25 heavy (non-hydrogen) atoms. The third kappa shape index (κ3) is 6.79. The zero-order chi connectivity index (χ0) is 17.9. The molecule has 0 radical (unpaired) electrons. The van der Waals surface area contributed by atoms with E-state index in [1.807, 2.05) is 13.0 Å². The van der Waals surface area contributed by atoms with Gasteiger partial charge >= 0.3 is 0 Å². The van der Waals surface area contributed by atoms with Crippen molar-refractivity contribution in [1.29, 1.82) is 0 Å². The number of nitrogens with one attached hydrogen (secondary N) is 1. The van der Waals surface area contributed by atoms with Crippen LogP contribution in [-0.2, 0) is 13.2 Å². The van der Waals surface area contributed by atoms with Crippen LogP contribution in [0.3, 0.4) is 0 Å². The van der Waals surface area contributed by atoms with Crippen molar-refractivity contribution >= 4 is 0 Å². The number of hydrogen-bond acceptors (Lipinski definition) is 3. The zero-order valence-corrected chi connectivity index (χ0v) is 15.8. The van der Waals surface area contributed by atoms with Gasteiger partial charge in [0.2, 0.25) is 0 Å². The average molecular weight is 341 g/mol. The van der Waals surface area contributed by atoms with Crippen molar-refractivity contribution in [3.8, 4) is 11.5 Å². The summed E-state index contributed by atoms with van der Waals surface area (Å²) in [6.07, 6.45) is 3.76. The molecule has 0 unspecified atom stereocenters. The maximum atomic E-state index is 5.98. The highest BCUT2D eigenvalue weighted by atomic mass is 16.5. The van der Waals surface area contributed by atoms with Crippen LogP contribution in [-0.4, -0.2) is 13.2 Å². The van der Waals surface area contributed by atoms with E-state index in [0.29, 0.717) is 13.2 Å². The summed E-state index contributed by atoms with van der Waals surface area (Å²) in [7, 11) is 0. The van der Waals surface area contributed by atoms with Crippen LogP contribution in [0.1, 0.15) is 49.8 Å². The molecule has 0 fully saturated rings. The van der Waals surface area contributed by atoms with Crippen LogP contribution in [0, 0.1) is 6.92 Å². The van der Waals surface area contributed by atoms with Gasteiger partial charge in [-0.2, -0.15) is 0 Å². The van der Waals surface area contributed by atoms with Gasteiger partial charge in [0.15, 0.2) is 11.5 Å². The molecular weight excluding hydrogens is 310 g/mol. The van der Waals surface area contributed by atoms with Crippen molar-refractivity contribution in [2.45, 2.75) is 53.2 Å². The second-order valence-corrected chi connectivity index (χ2v) is 6.37. The first kappa shape index (κ1) is 19.3. The average Bonchev–Trinajstić information content (AvgIpc) is 2.62. The van der Waals surface area contributed by atoms with Crippen molar-refractivity contribution in [2.24, 2.45) is 0 Å². The minimum absolute atomic E-state index is 0.551. The molecule has 0 heterocycles. The summed E-state index contributed by atoms with van der Waals surface area (Å²) in [5.41, 5.74) is 3.65. The summed E-state index contributed by atoms with van der Waals surface area (Å²) < 4.78 is 11.8. The second-order valence-electron chi connectivity index (χ2n) is 6.37. The van der Waals surface area contributed by atoms with E-state index in [9.17, 15) is 0 Å². The molecule has 2 aromatic rings. The van der Waals surface area contributed by atoms with E-state index in [0.717, 1.165) is 30.2 Å². The lowest BCUT2D eigenvalue weighted by atomic mass is 10.1. The summed E-state index contributed by atoms with van der Waals surface area (Å²) in [6.45, 7) is 9.42. The lowest BCUT2D eigenvalue weighted by Gasteiger charge is -2.14. The minimum Gasteiger partial charge on any atom is -0.490 e. The van der Waals surface area contributed by atoms with Crippen molar-refractivity contribution < 1.29 is 9.47 Å². The highest BCUT2D eigenvalue weighted by Gasteiger charge is 2.07. The quantitative estimate of drug-likeness (QED) is 0.566. The molecule has 0 atom stereocenters. The van der Waals surface area contributed by atoms with Crippen LogP contribution in [0.2, 0.25) is 0 Å². The summed E-state index contributed by atoms with van der Waals surface area (Å²) in [5.74, 6) is 1.62. The van der Waals surface area contributed by atoms with Gasteiger partial charge in [0.25, 0.3) is 0 Å². The van der Waals surface area contributed by atoms with Crippen LogP contribution in [0.5, 0.6) is 11.5 Å². The maximum absolute atomic E-state index is 5.98. The molecule has 0 saturated heterocycles. The first-order valence-corrected chi connectivity index (χ1v) is 9.37. The van der Waals surface area contributed by atoms with E-state index < -0.39 is 0 Å². The summed E-state index contributed by atoms with van der Waals surface area (Å²) >= 11 is 0. The molecule has 0 bridgehead atoms. The number of rotatable bonds is 11. The molecule has 0 aliphatic carbocycles. The third-order valence-corrected chi connectivity index (χ3v) is 4.11. The smallest absolute Gasteiger partial charge is 0.161 e. The molecule has 0 saturated carbocycles. The predicted molar refractivity (Wildman–Crippen MR) is 104 cm³/mol. The first-order valence-electron chi connectivity index (χ1n) is 9.37. The Balaban J connectivity index is 1.93. The Morgan fingerprint density at radius 1 is 0.840 bits per heavy atom. The number of aryl methyl sites for hydroxylation is 1. The number of unbranched alkanes of at least 4 members (excludes halogenated alkanes) is 2. The molecule has 0 aliphatic heterocycles. The molecule has 2 aromatic carbocycles. The molecule has 0 spiro atoms. The monoisotopic (exact) mass is 341 g/mol. The standard InChI is InChI=1S/C22H31NO2/c1-4-6-7-14-23-16-20-12-13-21(22(15-20)24-5-2)25-17-19-10-8-18(3)9-11-19/h8-13,15,23H,4-7,14,16-17H2,1-3H3. The molecular formula is C22H31NO2. The topological polar surface area (TPSA) is 30.5 Å². The normalized spacial score (nSPS) is 10.7. The lowest BCUT2D eigenvalue weighted by molar-refractivity contribution is 0.269. The molecule has 1 N–H and O–H groups in total. The van der Waals surface area contributed by atoms with Crippen LogP contribution in [0.25, 0.3) is 0 Å². The Hall–Kier alpha value is -2.00. The van der Waals surface area contributed by atoms with E-state index >= 15 is 0 Å². The Labute approximate surface area is 152 Å². The SMILES string of the molecule is CCCCCNCc1ccc(OCc2ccc(C)cc2)c(OCC)c1. The summed E-state index contributed by atoms with van der Waals surface area (Å²) in [4.78, 5) is 0. The molecule has 2 rings (SSSR count). The van der Waals surface area contributed by atoms with Gasteiger partial charge < -0.3 is 14.8 Å². The number of hydrogen-bond donors (Lipinski definition) is 1. The van der Waals surface area contributed by atoms with Gasteiger partial charge in [-0.15, -0.1) is 0 Å². The molecule has 0 amide bonds. The summed E-state index contributed by atoms with van der Waals surface area (Å²) in [5, 5.41) is 3.49. The molecule has 136 valence electrons. The highest BCUT2D eigenvalue weighted by Crippen LogP contribution is 2.29. The van der Waals surface area contributed by atoms with E-state index in [1.165, 1.54) is 30.4 Å². The van der Waals surface area contributed by atoms with Crippen LogP contribution >= 0.6 is 0 Å². The largest absolute Gasteiger partial charge is 0.490 e. The summed E-state index contributed by atoms with van der Waals surface area (Å²) in [6, 6.07) is 14.6. The fourth-order valence-corrected chi connectivity index (χ4v) is 2.63. The minimum atomic E-state index is 0.551. The zero-order valence-electron chi connectivity index (χ0n) is 15.8. The van der Waals surface area contributed by atoms with Gasteiger partial charge in [-0.3, -0.25) is 0 Å². The van der Waals surface area contributed by atoms with Crippen LogP contribution in [0.15, 0.2) is 42.5 Å². The Morgan fingerprint density at radius 2 is 1.60 bits per heavy atom. The lowest BCUT2D eigenvalue weighted by Crippen LogP contribution is -2.14. The highest BCUT2D eigenvalue weighted by molar-refractivity contribution is 5.43. The van der Waals surface area contributed by atoms with Gasteiger partial charge in [-0.25, -0.2) is 0 Å². The Morgan fingerprint density at radius 3 is 2.32 bits per heavy atom. The molecule has 3 nitrogen and oxygen atoms in total. The van der Waals surface area contributed by atoms with Gasteiger partial charge in [-0.05, 0) is 50.1 Å². The fourth-order valence-electron chi connectivity index (χ4n) is 2.63. The first-order chi connectivity index (χ1) is 12.2. The number of benzene rings is 2. The molecule has 3 heteroatoms. The van der Waals surface area contributed by atoms with Crippen LogP contribution in [0.4, 0.5) is 0 Å². The van der Waals surface area contributed by atoms with Crippen molar-refractivity contribution in [3.63, 3.8) is 0 Å². The van der Waals surface area contributed by atoms with Gasteiger partial charge in [0.05, 0.1) is 6.61 Å². The van der Waals surface area contributed by atoms with Gasteiger partial charge in [0, 0.05) is 6.54 Å². The van der Waals surface area contributed by atoms with E-state index in [1.54, 1.807) is 0 Å². The third-order valence-electron chi connectivity index (χ3n) is 4.11. The van der Waals surface area contributed by atoms with Crippen LogP contribution < -0.4 is 14.8 Å². The van der Waals surface area contributed by atoms with Gasteiger partial charge in [0.1, 0.15) is 6.61 Å². The predicted octanol–water partition coefficient (Wildman–Crippen LogP) is 5.25. The van der Waals surface area contributed by atoms with E-state index in [2.05, 4.69) is 55.6 Å². The van der Waals surface area contributed by atoms with Gasteiger partial charge in [-0.1, -0.05) is 55.7 Å². The van der Waals surface area contributed by atoms with Crippen molar-refractivity contribution in [1.82, 2.24) is 5.32 Å².